The van der Waals surface area contributed by atoms with Crippen molar-refractivity contribution in [3.05, 3.63) is 35.4 Å². The van der Waals surface area contributed by atoms with E-state index in [0.29, 0.717) is 18.2 Å². The maximum atomic E-state index is 12.6. The zero-order valence-corrected chi connectivity index (χ0v) is 10.6. The second-order valence-electron chi connectivity index (χ2n) is 5.03. The lowest BCUT2D eigenvalue weighted by molar-refractivity contribution is -0.137. The molecular weight excluding hydrogens is 255 g/mol. The normalized spacial score (nSPS) is 18.7. The van der Waals surface area contributed by atoms with Crippen molar-refractivity contribution in [3.8, 4) is 0 Å². The first-order chi connectivity index (χ1) is 8.97. The molecule has 1 fully saturated rings. The highest BCUT2D eigenvalue weighted by molar-refractivity contribution is 5.27. The molecule has 0 radical (unpaired) electrons. The molecule has 1 aliphatic carbocycles. The van der Waals surface area contributed by atoms with Gasteiger partial charge in [0.25, 0.3) is 0 Å². The van der Waals surface area contributed by atoms with Crippen molar-refractivity contribution in [2.75, 3.05) is 6.54 Å². The van der Waals surface area contributed by atoms with Crippen molar-refractivity contribution in [2.45, 2.75) is 44.0 Å². The Kier molecular flexibility index (Phi) is 4.47. The molecule has 2 N–H and O–H groups in total. The Hall–Kier alpha value is -1.07. The van der Waals surface area contributed by atoms with Crippen LogP contribution in [-0.2, 0) is 6.18 Å². The average molecular weight is 273 g/mol. The lowest BCUT2D eigenvalue weighted by atomic mass is 10.1. The third-order valence-electron chi connectivity index (χ3n) is 3.55. The molecule has 0 saturated heterocycles. The van der Waals surface area contributed by atoms with Gasteiger partial charge in [0, 0.05) is 12.6 Å². The molecule has 1 aliphatic rings. The minimum Gasteiger partial charge on any atom is -0.387 e. The molecule has 1 aromatic rings. The quantitative estimate of drug-likeness (QED) is 0.882. The van der Waals surface area contributed by atoms with E-state index in [1.54, 1.807) is 0 Å². The van der Waals surface area contributed by atoms with Crippen molar-refractivity contribution < 1.29 is 18.3 Å². The van der Waals surface area contributed by atoms with E-state index >= 15 is 0 Å². The van der Waals surface area contributed by atoms with Gasteiger partial charge in [-0.2, -0.15) is 13.2 Å². The van der Waals surface area contributed by atoms with Crippen LogP contribution in [0.4, 0.5) is 13.2 Å². The summed E-state index contributed by atoms with van der Waals surface area (Å²) in [5.74, 6) is 0. The van der Waals surface area contributed by atoms with Crippen LogP contribution >= 0.6 is 0 Å². The predicted molar refractivity (Wildman–Crippen MR) is 66.7 cm³/mol. The lowest BCUT2D eigenvalue weighted by Gasteiger charge is -2.17. The van der Waals surface area contributed by atoms with E-state index in [1.165, 1.54) is 25.0 Å². The molecule has 0 heterocycles. The molecule has 2 nitrogen and oxygen atoms in total. The first-order valence-corrected chi connectivity index (χ1v) is 6.55. The van der Waals surface area contributed by atoms with Crippen LogP contribution in [0.5, 0.6) is 0 Å². The maximum Gasteiger partial charge on any atom is 0.416 e. The molecular formula is C14H18F3NO. The van der Waals surface area contributed by atoms with Crippen molar-refractivity contribution in [1.29, 1.82) is 0 Å². The van der Waals surface area contributed by atoms with Gasteiger partial charge in [0.15, 0.2) is 0 Å². The molecule has 0 aliphatic heterocycles. The Bertz CT molecular complexity index is 413. The van der Waals surface area contributed by atoms with Gasteiger partial charge >= 0.3 is 6.18 Å². The summed E-state index contributed by atoms with van der Waals surface area (Å²) >= 11 is 0. The van der Waals surface area contributed by atoms with E-state index in [1.807, 2.05) is 0 Å². The van der Waals surface area contributed by atoms with Gasteiger partial charge < -0.3 is 10.4 Å². The monoisotopic (exact) mass is 273 g/mol. The van der Waals surface area contributed by atoms with Crippen molar-refractivity contribution in [3.63, 3.8) is 0 Å². The highest BCUT2D eigenvalue weighted by Gasteiger charge is 2.30. The fraction of sp³-hybridized carbons (Fsp3) is 0.571. The Balaban J connectivity index is 1.96. The summed E-state index contributed by atoms with van der Waals surface area (Å²) in [6.07, 6.45) is -0.753. The van der Waals surface area contributed by atoms with E-state index in [2.05, 4.69) is 5.32 Å². The highest BCUT2D eigenvalue weighted by atomic mass is 19.4. The number of benzene rings is 1. The van der Waals surface area contributed by atoms with Gasteiger partial charge in [0.1, 0.15) is 0 Å². The molecule has 106 valence electrons. The average Bonchev–Trinajstić information content (AvgIpc) is 2.88. The fourth-order valence-electron chi connectivity index (χ4n) is 2.45. The molecule has 5 heteroatoms. The molecule has 2 rings (SSSR count). The number of aliphatic hydroxyl groups excluding tert-OH is 1. The number of alkyl halides is 3. The zero-order valence-electron chi connectivity index (χ0n) is 10.6. The summed E-state index contributed by atoms with van der Waals surface area (Å²) in [7, 11) is 0. The predicted octanol–water partition coefficient (Wildman–Crippen LogP) is 3.27. The van der Waals surface area contributed by atoms with Gasteiger partial charge in [-0.3, -0.25) is 0 Å². The second-order valence-corrected chi connectivity index (χ2v) is 5.03. The third-order valence-corrected chi connectivity index (χ3v) is 3.55. The minimum absolute atomic E-state index is 0.298. The number of halogens is 3. The molecule has 1 unspecified atom stereocenters. The van der Waals surface area contributed by atoms with Crippen LogP contribution in [0.25, 0.3) is 0 Å². The first kappa shape index (κ1) is 14.3. The number of nitrogens with one attached hydrogen (secondary N) is 1. The van der Waals surface area contributed by atoms with Crippen LogP contribution in [0.3, 0.4) is 0 Å². The van der Waals surface area contributed by atoms with Crippen molar-refractivity contribution in [1.82, 2.24) is 5.32 Å². The standard InChI is InChI=1S/C14H18F3NO/c15-14(16,17)11-5-3-4-10(8-11)13(19)9-18-12-6-1-2-7-12/h3-5,8,12-13,18-19H,1-2,6-7,9H2. The van der Waals surface area contributed by atoms with Crippen LogP contribution in [0.1, 0.15) is 42.9 Å². The summed E-state index contributed by atoms with van der Waals surface area (Å²) in [6.45, 7) is 0.298. The molecule has 0 aromatic heterocycles. The molecule has 19 heavy (non-hydrogen) atoms. The lowest BCUT2D eigenvalue weighted by Crippen LogP contribution is -2.30. The molecule has 0 bridgehead atoms. The summed E-state index contributed by atoms with van der Waals surface area (Å²) in [5.41, 5.74) is -0.412. The largest absolute Gasteiger partial charge is 0.416 e. The van der Waals surface area contributed by atoms with Crippen LogP contribution in [-0.4, -0.2) is 17.7 Å². The van der Waals surface area contributed by atoms with Crippen LogP contribution in [0.15, 0.2) is 24.3 Å². The Morgan fingerprint density at radius 2 is 1.95 bits per heavy atom. The van der Waals surface area contributed by atoms with E-state index in [-0.39, 0.29) is 0 Å². The number of aliphatic hydroxyl groups is 1. The van der Waals surface area contributed by atoms with Crippen LogP contribution in [0.2, 0.25) is 0 Å². The molecule has 1 saturated carbocycles. The van der Waals surface area contributed by atoms with Gasteiger partial charge in [-0.1, -0.05) is 25.0 Å². The van der Waals surface area contributed by atoms with Crippen molar-refractivity contribution >= 4 is 0 Å². The van der Waals surface area contributed by atoms with Gasteiger partial charge in [-0.15, -0.1) is 0 Å². The minimum atomic E-state index is -4.37. The fourth-order valence-corrected chi connectivity index (χ4v) is 2.45. The van der Waals surface area contributed by atoms with E-state index in [4.69, 9.17) is 0 Å². The van der Waals surface area contributed by atoms with Gasteiger partial charge in [-0.05, 0) is 30.5 Å². The maximum absolute atomic E-state index is 12.6. The van der Waals surface area contributed by atoms with Gasteiger partial charge in [0.2, 0.25) is 0 Å². The van der Waals surface area contributed by atoms with Crippen molar-refractivity contribution in [2.24, 2.45) is 0 Å². The van der Waals surface area contributed by atoms with E-state index < -0.39 is 17.8 Å². The summed E-state index contributed by atoms with van der Waals surface area (Å²) < 4.78 is 37.7. The van der Waals surface area contributed by atoms with Gasteiger partial charge in [-0.25, -0.2) is 0 Å². The van der Waals surface area contributed by atoms with Crippen LogP contribution < -0.4 is 5.32 Å². The SMILES string of the molecule is OC(CNC1CCCC1)c1cccc(C(F)(F)F)c1. The summed E-state index contributed by atoms with van der Waals surface area (Å²) in [5, 5.41) is 13.1. The second kappa shape index (κ2) is 5.92. The molecule has 1 aromatic carbocycles. The highest BCUT2D eigenvalue weighted by Crippen LogP contribution is 2.30. The number of hydrogen-bond acceptors (Lipinski definition) is 2. The Morgan fingerprint density at radius 1 is 1.26 bits per heavy atom. The smallest absolute Gasteiger partial charge is 0.387 e. The first-order valence-electron chi connectivity index (χ1n) is 6.55. The Labute approximate surface area is 110 Å². The topological polar surface area (TPSA) is 32.3 Å². The number of rotatable bonds is 4. The molecule has 1 atom stereocenters. The summed E-state index contributed by atoms with van der Waals surface area (Å²) in [6, 6.07) is 5.27. The number of hydrogen-bond donors (Lipinski definition) is 2. The molecule has 0 spiro atoms. The third kappa shape index (κ3) is 3.94. The zero-order chi connectivity index (χ0) is 13.9. The van der Waals surface area contributed by atoms with Crippen LogP contribution in [0, 0.1) is 0 Å². The van der Waals surface area contributed by atoms with E-state index in [9.17, 15) is 18.3 Å². The van der Waals surface area contributed by atoms with E-state index in [0.717, 1.165) is 25.0 Å². The Morgan fingerprint density at radius 3 is 2.58 bits per heavy atom. The summed E-state index contributed by atoms with van der Waals surface area (Å²) in [4.78, 5) is 0. The molecule has 0 amide bonds. The van der Waals surface area contributed by atoms with Gasteiger partial charge in [0.05, 0.1) is 11.7 Å².